The maximum atomic E-state index is 12.6. The fourth-order valence-electron chi connectivity index (χ4n) is 2.59. The number of aryl methyl sites for hydroxylation is 1. The average Bonchev–Trinajstić information content (AvgIpc) is 2.67. The van der Waals surface area contributed by atoms with Crippen LogP contribution in [0.25, 0.3) is 0 Å². The molecule has 1 N–H and O–H groups in total. The van der Waals surface area contributed by atoms with E-state index in [1.807, 2.05) is 34.6 Å². The molecule has 0 heterocycles. The van der Waals surface area contributed by atoms with E-state index in [0.29, 0.717) is 11.1 Å². The number of rotatable bonds is 9. The molecule has 6 nitrogen and oxygen atoms in total. The third kappa shape index (κ3) is 7.12. The fourth-order valence-corrected chi connectivity index (χ4v) is 2.59. The number of nitrogens with one attached hydrogen (secondary N) is 1. The molecule has 0 unspecified atom stereocenters. The van der Waals surface area contributed by atoms with Gasteiger partial charge in [0.2, 0.25) is 0 Å². The maximum absolute atomic E-state index is 12.6. The summed E-state index contributed by atoms with van der Waals surface area (Å²) in [6.07, 6.45) is 0.227. The third-order valence-corrected chi connectivity index (χ3v) is 4.23. The minimum atomic E-state index is -0.596. The van der Waals surface area contributed by atoms with E-state index in [9.17, 15) is 14.4 Å². The third-order valence-electron chi connectivity index (χ3n) is 4.23. The highest BCUT2D eigenvalue weighted by molar-refractivity contribution is 5.99. The van der Waals surface area contributed by atoms with E-state index in [-0.39, 0.29) is 42.2 Å². The molecule has 0 amide bonds. The standard InChI is InChI=1S/C24H29NO5/c1-15(2)12-23(27)29-21-11-10-19(20(26)14-25-16(3)4)13-22(21)30-24(28)18-8-6-17(5)7-9-18/h6-11,13,15-16,25H,12,14H2,1-5H3. The Morgan fingerprint density at radius 1 is 0.867 bits per heavy atom. The topological polar surface area (TPSA) is 81.7 Å². The molecule has 2 aromatic rings. The highest BCUT2D eigenvalue weighted by Crippen LogP contribution is 2.30. The second-order valence-electron chi connectivity index (χ2n) is 7.95. The first kappa shape index (κ1) is 23.3. The largest absolute Gasteiger partial charge is 0.423 e. The number of esters is 2. The SMILES string of the molecule is Cc1ccc(C(=O)Oc2cc(C(=O)CNC(C)C)ccc2OC(=O)CC(C)C)cc1. The van der Waals surface area contributed by atoms with Crippen molar-refractivity contribution in [1.29, 1.82) is 0 Å². The Bertz CT molecular complexity index is 900. The molecule has 0 spiro atoms. The van der Waals surface area contributed by atoms with Crippen molar-refractivity contribution >= 4 is 17.7 Å². The van der Waals surface area contributed by atoms with Gasteiger partial charge in [-0.3, -0.25) is 9.59 Å². The van der Waals surface area contributed by atoms with Crippen molar-refractivity contribution < 1.29 is 23.9 Å². The molecular weight excluding hydrogens is 382 g/mol. The molecule has 2 aromatic carbocycles. The predicted octanol–water partition coefficient (Wildman–Crippen LogP) is 4.35. The van der Waals surface area contributed by atoms with Crippen LogP contribution in [-0.2, 0) is 4.79 Å². The molecule has 2 rings (SSSR count). The molecule has 0 saturated carbocycles. The predicted molar refractivity (Wildman–Crippen MR) is 115 cm³/mol. The van der Waals surface area contributed by atoms with Crippen molar-refractivity contribution in [3.05, 3.63) is 59.2 Å². The molecule has 6 heteroatoms. The fraction of sp³-hybridized carbons (Fsp3) is 0.375. The van der Waals surface area contributed by atoms with Gasteiger partial charge in [0.25, 0.3) is 0 Å². The smallest absolute Gasteiger partial charge is 0.343 e. The minimum Gasteiger partial charge on any atom is -0.423 e. The van der Waals surface area contributed by atoms with Gasteiger partial charge >= 0.3 is 11.9 Å². The first-order valence-electron chi connectivity index (χ1n) is 10.1. The van der Waals surface area contributed by atoms with Gasteiger partial charge in [-0.05, 0) is 43.2 Å². The van der Waals surface area contributed by atoms with Gasteiger partial charge in [0.05, 0.1) is 12.1 Å². The van der Waals surface area contributed by atoms with E-state index < -0.39 is 11.9 Å². The molecule has 0 bridgehead atoms. The Hall–Kier alpha value is -2.99. The van der Waals surface area contributed by atoms with Gasteiger partial charge in [0, 0.05) is 18.0 Å². The van der Waals surface area contributed by atoms with E-state index in [0.717, 1.165) is 5.56 Å². The van der Waals surface area contributed by atoms with E-state index in [1.165, 1.54) is 12.1 Å². The number of hydrogen-bond acceptors (Lipinski definition) is 6. The van der Waals surface area contributed by atoms with Crippen LogP contribution in [0.1, 0.15) is 60.4 Å². The van der Waals surface area contributed by atoms with Crippen LogP contribution in [0, 0.1) is 12.8 Å². The van der Waals surface area contributed by atoms with Gasteiger partial charge in [0.1, 0.15) is 0 Å². The molecule has 0 aromatic heterocycles. The van der Waals surface area contributed by atoms with E-state index in [1.54, 1.807) is 30.3 Å². The van der Waals surface area contributed by atoms with Crippen molar-refractivity contribution in [3.63, 3.8) is 0 Å². The first-order valence-corrected chi connectivity index (χ1v) is 10.1. The summed E-state index contributed by atoms with van der Waals surface area (Å²) in [4.78, 5) is 37.2. The van der Waals surface area contributed by atoms with Crippen molar-refractivity contribution in [3.8, 4) is 11.5 Å². The summed E-state index contributed by atoms with van der Waals surface area (Å²) >= 11 is 0. The van der Waals surface area contributed by atoms with Gasteiger partial charge < -0.3 is 14.8 Å². The number of benzene rings is 2. The summed E-state index contributed by atoms with van der Waals surface area (Å²) < 4.78 is 10.9. The first-order chi connectivity index (χ1) is 14.2. The molecule has 160 valence electrons. The Morgan fingerprint density at radius 2 is 1.50 bits per heavy atom. The molecule has 0 radical (unpaired) electrons. The van der Waals surface area contributed by atoms with Crippen molar-refractivity contribution in [1.82, 2.24) is 5.32 Å². The lowest BCUT2D eigenvalue weighted by atomic mass is 10.1. The van der Waals surface area contributed by atoms with Crippen LogP contribution in [0.15, 0.2) is 42.5 Å². The molecular formula is C24H29NO5. The maximum Gasteiger partial charge on any atom is 0.343 e. The Kier molecular flexibility index (Phi) is 8.30. The summed E-state index contributed by atoms with van der Waals surface area (Å²) in [6, 6.07) is 11.6. The summed E-state index contributed by atoms with van der Waals surface area (Å²) in [6.45, 7) is 9.77. The number of Topliss-reactive ketones (excluding diaryl/α,β-unsaturated/α-hetero) is 1. The number of hydrogen-bond donors (Lipinski definition) is 1. The van der Waals surface area contributed by atoms with Gasteiger partial charge in [-0.1, -0.05) is 45.4 Å². The zero-order valence-corrected chi connectivity index (χ0v) is 18.2. The van der Waals surface area contributed by atoms with Crippen LogP contribution in [0.5, 0.6) is 11.5 Å². The van der Waals surface area contributed by atoms with Crippen LogP contribution in [0.2, 0.25) is 0 Å². The van der Waals surface area contributed by atoms with Crippen LogP contribution in [0.4, 0.5) is 0 Å². The second-order valence-corrected chi connectivity index (χ2v) is 7.95. The normalized spacial score (nSPS) is 10.9. The van der Waals surface area contributed by atoms with Gasteiger partial charge in [-0.15, -0.1) is 0 Å². The lowest BCUT2D eigenvalue weighted by Gasteiger charge is -2.13. The van der Waals surface area contributed by atoms with Gasteiger partial charge in [-0.2, -0.15) is 0 Å². The number of ether oxygens (including phenoxy) is 2. The summed E-state index contributed by atoms with van der Waals surface area (Å²) in [5.41, 5.74) is 1.73. The molecule has 0 aliphatic carbocycles. The molecule has 0 aliphatic heterocycles. The number of carbonyl (C=O) groups is 3. The monoisotopic (exact) mass is 411 g/mol. The molecule has 0 fully saturated rings. The zero-order valence-electron chi connectivity index (χ0n) is 18.2. The molecule has 0 saturated heterocycles. The van der Waals surface area contributed by atoms with Gasteiger partial charge in [0.15, 0.2) is 17.3 Å². The number of ketones is 1. The Morgan fingerprint density at radius 3 is 2.10 bits per heavy atom. The average molecular weight is 411 g/mol. The lowest BCUT2D eigenvalue weighted by molar-refractivity contribution is -0.135. The molecule has 0 aliphatic rings. The lowest BCUT2D eigenvalue weighted by Crippen LogP contribution is -2.29. The van der Waals surface area contributed by atoms with E-state index in [4.69, 9.17) is 9.47 Å². The molecule has 0 atom stereocenters. The highest BCUT2D eigenvalue weighted by Gasteiger charge is 2.18. The van der Waals surface area contributed by atoms with Gasteiger partial charge in [-0.25, -0.2) is 4.79 Å². The van der Waals surface area contributed by atoms with Crippen LogP contribution in [0.3, 0.4) is 0 Å². The summed E-state index contributed by atoms with van der Waals surface area (Å²) in [7, 11) is 0. The Labute approximate surface area is 177 Å². The summed E-state index contributed by atoms with van der Waals surface area (Å²) in [5.74, 6) is -0.919. The minimum absolute atomic E-state index is 0.0353. The summed E-state index contributed by atoms with van der Waals surface area (Å²) in [5, 5.41) is 3.06. The van der Waals surface area contributed by atoms with Crippen LogP contribution < -0.4 is 14.8 Å². The van der Waals surface area contributed by atoms with E-state index in [2.05, 4.69) is 5.32 Å². The van der Waals surface area contributed by atoms with E-state index >= 15 is 0 Å². The van der Waals surface area contributed by atoms with Crippen LogP contribution >= 0.6 is 0 Å². The Balaban J connectivity index is 2.29. The zero-order chi connectivity index (χ0) is 22.3. The highest BCUT2D eigenvalue weighted by atomic mass is 16.6. The molecule has 30 heavy (non-hydrogen) atoms. The number of carbonyl (C=O) groups excluding carboxylic acids is 3. The van der Waals surface area contributed by atoms with Crippen molar-refractivity contribution in [2.45, 2.75) is 47.1 Å². The second kappa shape index (κ2) is 10.7. The van der Waals surface area contributed by atoms with Crippen molar-refractivity contribution in [2.24, 2.45) is 5.92 Å². The van der Waals surface area contributed by atoms with Crippen molar-refractivity contribution in [2.75, 3.05) is 6.54 Å². The van der Waals surface area contributed by atoms with Crippen LogP contribution in [-0.4, -0.2) is 30.3 Å². The quantitative estimate of drug-likeness (QED) is 0.375.